The van der Waals surface area contributed by atoms with Crippen molar-refractivity contribution in [3.8, 4) is 0 Å². The van der Waals surface area contributed by atoms with Crippen LogP contribution in [-0.4, -0.2) is 38.8 Å². The van der Waals surface area contributed by atoms with E-state index in [4.69, 9.17) is 0 Å². The van der Waals surface area contributed by atoms with E-state index in [0.29, 0.717) is 17.8 Å². The first-order chi connectivity index (χ1) is 12.8. The minimum absolute atomic E-state index is 0.272. The molecule has 2 aromatic rings. The van der Waals surface area contributed by atoms with E-state index in [2.05, 4.69) is 25.2 Å². The molecule has 0 atom stereocenters. The lowest BCUT2D eigenvalue weighted by Crippen LogP contribution is -2.42. The van der Waals surface area contributed by atoms with Crippen LogP contribution < -0.4 is 5.32 Å². The summed E-state index contributed by atoms with van der Waals surface area (Å²) in [4.78, 5) is 28.0. The van der Waals surface area contributed by atoms with Gasteiger partial charge in [-0.3, -0.25) is 4.79 Å². The van der Waals surface area contributed by atoms with E-state index >= 15 is 0 Å². The Kier molecular flexibility index (Phi) is 5.43. The minimum atomic E-state index is 0.272. The van der Waals surface area contributed by atoms with E-state index in [9.17, 15) is 4.79 Å². The highest BCUT2D eigenvalue weighted by atomic mass is 32.1. The molecule has 0 aromatic carbocycles. The molecule has 1 saturated heterocycles. The number of rotatable bonds is 4. The highest BCUT2D eigenvalue weighted by Crippen LogP contribution is 2.31. The number of aromatic nitrogens is 3. The van der Waals surface area contributed by atoms with Crippen LogP contribution in [0.25, 0.3) is 0 Å². The molecule has 0 unspecified atom stereocenters. The number of thiazole rings is 1. The van der Waals surface area contributed by atoms with Crippen molar-refractivity contribution in [1.82, 2.24) is 19.9 Å². The molecular weight excluding hydrogens is 346 g/mol. The van der Waals surface area contributed by atoms with Gasteiger partial charge in [0, 0.05) is 48.4 Å². The second kappa shape index (κ2) is 8.12. The molecule has 1 aliphatic heterocycles. The molecule has 2 aromatic heterocycles. The van der Waals surface area contributed by atoms with Gasteiger partial charge in [0.25, 0.3) is 0 Å². The highest BCUT2D eigenvalue weighted by Gasteiger charge is 2.30. The van der Waals surface area contributed by atoms with E-state index in [1.54, 1.807) is 12.4 Å². The van der Waals surface area contributed by atoms with Crippen molar-refractivity contribution in [1.29, 1.82) is 0 Å². The van der Waals surface area contributed by atoms with E-state index in [1.165, 1.54) is 30.6 Å². The molecule has 1 saturated carbocycles. The molecule has 0 bridgehead atoms. The predicted octanol–water partition coefficient (Wildman–Crippen LogP) is 3.96. The summed E-state index contributed by atoms with van der Waals surface area (Å²) in [6.07, 6.45) is 11.4. The molecule has 2 fully saturated rings. The Hall–Kier alpha value is -2.02. The third kappa shape index (κ3) is 4.03. The first-order valence-corrected chi connectivity index (χ1v) is 10.5. The molecule has 138 valence electrons. The Bertz CT molecular complexity index is 721. The summed E-state index contributed by atoms with van der Waals surface area (Å²) >= 11 is 1.53. The summed E-state index contributed by atoms with van der Waals surface area (Å²) in [5.41, 5.74) is 1.06. The molecule has 1 aliphatic carbocycles. The van der Waals surface area contributed by atoms with Crippen LogP contribution in [0.4, 0.5) is 11.1 Å². The van der Waals surface area contributed by atoms with E-state index in [0.717, 1.165) is 49.6 Å². The van der Waals surface area contributed by atoms with E-state index < -0.39 is 0 Å². The molecule has 2 aliphatic rings. The first-order valence-electron chi connectivity index (χ1n) is 9.58. The molecule has 1 N–H and O–H groups in total. The van der Waals surface area contributed by atoms with Crippen molar-refractivity contribution in [2.45, 2.75) is 50.9 Å². The van der Waals surface area contributed by atoms with Gasteiger partial charge in [-0.2, -0.15) is 0 Å². The summed E-state index contributed by atoms with van der Waals surface area (Å²) in [5.74, 6) is 1.65. The van der Waals surface area contributed by atoms with Gasteiger partial charge in [0.2, 0.25) is 11.9 Å². The van der Waals surface area contributed by atoms with Crippen LogP contribution in [0.3, 0.4) is 0 Å². The summed E-state index contributed by atoms with van der Waals surface area (Å²) in [6, 6.07) is 2.00. The Balaban J connectivity index is 1.35. The van der Waals surface area contributed by atoms with E-state index in [1.807, 2.05) is 11.4 Å². The number of nitrogens with zero attached hydrogens (tertiary/aromatic N) is 4. The van der Waals surface area contributed by atoms with Gasteiger partial charge in [0.15, 0.2) is 5.13 Å². The van der Waals surface area contributed by atoms with Crippen molar-refractivity contribution in [3.63, 3.8) is 0 Å². The fourth-order valence-corrected chi connectivity index (χ4v) is 4.57. The maximum Gasteiger partial charge on any atom is 0.229 e. The van der Waals surface area contributed by atoms with Crippen LogP contribution in [0.2, 0.25) is 0 Å². The van der Waals surface area contributed by atoms with Crippen LogP contribution in [0, 0.1) is 5.92 Å². The second-order valence-electron chi connectivity index (χ2n) is 7.20. The second-order valence-corrected chi connectivity index (χ2v) is 8.10. The van der Waals surface area contributed by atoms with Gasteiger partial charge in [-0.25, -0.2) is 15.0 Å². The molecule has 6 nitrogen and oxygen atoms in total. The average molecular weight is 372 g/mol. The number of carbonyl (C=O) groups excluding carboxylic acids is 1. The van der Waals surface area contributed by atoms with Crippen molar-refractivity contribution < 1.29 is 4.79 Å². The van der Waals surface area contributed by atoms with Crippen LogP contribution >= 0.6 is 11.3 Å². The molecule has 0 spiro atoms. The zero-order valence-electron chi connectivity index (χ0n) is 14.9. The molecular formula is C19H25N5OS. The fraction of sp³-hybridized carbons (Fsp3) is 0.579. The number of piperidine rings is 1. The van der Waals surface area contributed by atoms with Crippen LogP contribution in [0.5, 0.6) is 0 Å². The van der Waals surface area contributed by atoms with Crippen molar-refractivity contribution >= 4 is 28.3 Å². The maximum absolute atomic E-state index is 12.7. The summed E-state index contributed by atoms with van der Waals surface area (Å²) in [6.45, 7) is 1.69. The number of nitrogens with one attached hydrogen (secondary N) is 1. The third-order valence-electron chi connectivity index (χ3n) is 5.51. The number of anilines is 2. The molecule has 4 rings (SSSR count). The average Bonchev–Trinajstić information content (AvgIpc) is 3.21. The van der Waals surface area contributed by atoms with Crippen molar-refractivity contribution in [3.05, 3.63) is 29.5 Å². The Morgan fingerprint density at radius 3 is 2.62 bits per heavy atom. The van der Waals surface area contributed by atoms with Crippen LogP contribution in [0.15, 0.2) is 23.8 Å². The number of carbonyl (C=O) groups is 1. The highest BCUT2D eigenvalue weighted by molar-refractivity contribution is 7.13. The Labute approximate surface area is 158 Å². The lowest BCUT2D eigenvalue weighted by atomic mass is 9.87. The first kappa shape index (κ1) is 17.4. The fourth-order valence-electron chi connectivity index (χ4n) is 4.04. The van der Waals surface area contributed by atoms with Crippen molar-refractivity contribution in [2.24, 2.45) is 5.92 Å². The third-order valence-corrected chi connectivity index (χ3v) is 6.20. The largest absolute Gasteiger partial charge is 0.342 e. The Morgan fingerprint density at radius 2 is 1.88 bits per heavy atom. The van der Waals surface area contributed by atoms with Gasteiger partial charge in [0.05, 0.1) is 0 Å². The summed E-state index contributed by atoms with van der Waals surface area (Å²) in [5, 5.41) is 5.88. The van der Waals surface area contributed by atoms with E-state index in [-0.39, 0.29) is 5.92 Å². The number of likely N-dealkylation sites (tertiary alicyclic amines) is 1. The van der Waals surface area contributed by atoms with Gasteiger partial charge < -0.3 is 10.2 Å². The quantitative estimate of drug-likeness (QED) is 0.881. The number of hydrogen-bond acceptors (Lipinski definition) is 6. The topological polar surface area (TPSA) is 71.0 Å². The smallest absolute Gasteiger partial charge is 0.229 e. The zero-order valence-corrected chi connectivity index (χ0v) is 15.7. The molecule has 7 heteroatoms. The molecule has 0 radical (unpaired) electrons. The lowest BCUT2D eigenvalue weighted by molar-refractivity contribution is -0.137. The normalized spacial score (nSPS) is 19.5. The number of hydrogen-bond donors (Lipinski definition) is 1. The van der Waals surface area contributed by atoms with Gasteiger partial charge in [0.1, 0.15) is 0 Å². The lowest BCUT2D eigenvalue weighted by Gasteiger charge is -2.35. The van der Waals surface area contributed by atoms with Gasteiger partial charge in [-0.1, -0.05) is 19.3 Å². The summed E-state index contributed by atoms with van der Waals surface area (Å²) < 4.78 is 0. The van der Waals surface area contributed by atoms with Gasteiger partial charge in [-0.15, -0.1) is 11.3 Å². The van der Waals surface area contributed by atoms with Gasteiger partial charge in [-0.05, 0) is 31.7 Å². The standard InChI is InChI=1S/C19H25N5OS/c25-17(15-4-2-1-3-5-15)24-11-7-14(8-12-24)16-6-9-20-18(22-16)23-19-21-10-13-26-19/h6,9-10,13-15H,1-5,7-8,11-12H2,(H,20,21,22,23). The predicted molar refractivity (Wildman–Crippen MR) is 103 cm³/mol. The van der Waals surface area contributed by atoms with Crippen LogP contribution in [0.1, 0.15) is 56.6 Å². The van der Waals surface area contributed by atoms with Gasteiger partial charge >= 0.3 is 0 Å². The molecule has 3 heterocycles. The Morgan fingerprint density at radius 1 is 1.08 bits per heavy atom. The summed E-state index contributed by atoms with van der Waals surface area (Å²) in [7, 11) is 0. The minimum Gasteiger partial charge on any atom is -0.342 e. The SMILES string of the molecule is O=C(C1CCCCC1)N1CCC(c2ccnc(Nc3nccs3)n2)CC1. The zero-order chi connectivity index (χ0) is 17.8. The molecule has 26 heavy (non-hydrogen) atoms. The number of amides is 1. The van der Waals surface area contributed by atoms with Crippen molar-refractivity contribution in [2.75, 3.05) is 18.4 Å². The molecule has 1 amide bonds. The monoisotopic (exact) mass is 371 g/mol. The maximum atomic E-state index is 12.7. The van der Waals surface area contributed by atoms with Crippen LogP contribution in [-0.2, 0) is 4.79 Å².